The summed E-state index contributed by atoms with van der Waals surface area (Å²) in [5, 5.41) is 8.93. The van der Waals surface area contributed by atoms with Crippen LogP contribution in [0.2, 0.25) is 0 Å². The summed E-state index contributed by atoms with van der Waals surface area (Å²) in [7, 11) is 0. The highest BCUT2D eigenvalue weighted by Gasteiger charge is 2.09. The molecule has 0 saturated heterocycles. The van der Waals surface area contributed by atoms with E-state index in [-0.39, 0.29) is 0 Å². The Hall–Kier alpha value is -2.66. The summed E-state index contributed by atoms with van der Waals surface area (Å²) in [6, 6.07) is 13.3. The number of nitrogens with one attached hydrogen (secondary N) is 1. The number of aromatic carboxylic acids is 1. The second kappa shape index (κ2) is 5.76. The zero-order chi connectivity index (χ0) is 14.7. The number of nitrogens with zero attached hydrogens (tertiary/aromatic N) is 1. The van der Waals surface area contributed by atoms with Crippen molar-refractivity contribution in [2.75, 3.05) is 0 Å². The van der Waals surface area contributed by atoms with E-state index in [0.29, 0.717) is 4.88 Å². The number of carboxylic acid groups (broad SMARTS) is 1. The highest BCUT2D eigenvalue weighted by atomic mass is 32.1. The number of thiophene rings is 1. The number of carboxylic acids is 1. The maximum atomic E-state index is 10.9. The van der Waals surface area contributed by atoms with Crippen LogP contribution in [0.15, 0.2) is 48.7 Å². The van der Waals surface area contributed by atoms with Crippen LogP contribution in [-0.2, 0) is 0 Å². The molecule has 5 heteroatoms. The first-order valence-corrected chi connectivity index (χ1v) is 7.16. The van der Waals surface area contributed by atoms with Crippen molar-refractivity contribution >= 4 is 29.5 Å². The van der Waals surface area contributed by atoms with E-state index in [1.165, 1.54) is 11.3 Å². The number of imidazole rings is 1. The first-order chi connectivity index (χ1) is 10.2. The zero-order valence-electron chi connectivity index (χ0n) is 11.0. The van der Waals surface area contributed by atoms with Crippen LogP contribution in [0.25, 0.3) is 22.7 Å². The van der Waals surface area contributed by atoms with Gasteiger partial charge in [0.15, 0.2) is 0 Å². The van der Waals surface area contributed by atoms with Crippen LogP contribution in [0.5, 0.6) is 0 Å². The molecular weight excluding hydrogens is 284 g/mol. The van der Waals surface area contributed by atoms with Crippen molar-refractivity contribution in [1.82, 2.24) is 9.97 Å². The van der Waals surface area contributed by atoms with Gasteiger partial charge in [-0.1, -0.05) is 36.4 Å². The average molecular weight is 296 g/mol. The lowest BCUT2D eigenvalue weighted by molar-refractivity contribution is 0.0702. The quantitative estimate of drug-likeness (QED) is 0.764. The predicted octanol–water partition coefficient (Wildman–Crippen LogP) is 4.01. The first kappa shape index (κ1) is 13.3. The van der Waals surface area contributed by atoms with E-state index in [9.17, 15) is 4.79 Å². The molecule has 4 nitrogen and oxygen atoms in total. The van der Waals surface area contributed by atoms with Crippen LogP contribution >= 0.6 is 11.3 Å². The minimum atomic E-state index is -0.907. The molecule has 104 valence electrons. The Kier molecular flexibility index (Phi) is 3.66. The van der Waals surface area contributed by atoms with Gasteiger partial charge >= 0.3 is 5.97 Å². The summed E-state index contributed by atoms with van der Waals surface area (Å²) in [5.74, 6) is -0.172. The Balaban J connectivity index is 1.80. The van der Waals surface area contributed by atoms with Crippen molar-refractivity contribution in [1.29, 1.82) is 0 Å². The summed E-state index contributed by atoms with van der Waals surface area (Å²) in [6.45, 7) is 0. The Labute approximate surface area is 125 Å². The van der Waals surface area contributed by atoms with Crippen LogP contribution in [0, 0.1) is 0 Å². The van der Waals surface area contributed by atoms with Gasteiger partial charge in [-0.25, -0.2) is 9.78 Å². The van der Waals surface area contributed by atoms with Crippen molar-refractivity contribution in [3.63, 3.8) is 0 Å². The van der Waals surface area contributed by atoms with E-state index in [4.69, 9.17) is 5.11 Å². The van der Waals surface area contributed by atoms with Crippen molar-refractivity contribution in [3.05, 3.63) is 64.9 Å². The van der Waals surface area contributed by atoms with Crippen molar-refractivity contribution in [2.45, 2.75) is 0 Å². The number of hydrogen-bond donors (Lipinski definition) is 2. The van der Waals surface area contributed by atoms with Crippen LogP contribution in [-0.4, -0.2) is 21.0 Å². The molecule has 0 spiro atoms. The number of hydrogen-bond acceptors (Lipinski definition) is 3. The van der Waals surface area contributed by atoms with Crippen LogP contribution in [0.1, 0.15) is 21.1 Å². The van der Waals surface area contributed by atoms with Gasteiger partial charge < -0.3 is 10.1 Å². The highest BCUT2D eigenvalue weighted by Crippen LogP contribution is 2.26. The van der Waals surface area contributed by atoms with Gasteiger partial charge in [0.2, 0.25) is 0 Å². The number of rotatable bonds is 4. The van der Waals surface area contributed by atoms with E-state index >= 15 is 0 Å². The number of benzene rings is 1. The minimum Gasteiger partial charge on any atom is -0.477 e. The molecule has 3 rings (SSSR count). The molecule has 0 amide bonds. The molecule has 3 aromatic rings. The van der Waals surface area contributed by atoms with Crippen LogP contribution in [0.4, 0.5) is 0 Å². The van der Waals surface area contributed by atoms with Crippen LogP contribution < -0.4 is 0 Å². The lowest BCUT2D eigenvalue weighted by Gasteiger charge is -1.91. The molecule has 0 aliphatic rings. The van der Waals surface area contributed by atoms with Crippen molar-refractivity contribution in [3.8, 4) is 10.6 Å². The molecule has 0 unspecified atom stereocenters. The average Bonchev–Trinajstić information content (AvgIpc) is 3.15. The molecule has 0 saturated carbocycles. The third-order valence-electron chi connectivity index (χ3n) is 2.91. The van der Waals surface area contributed by atoms with Crippen molar-refractivity contribution in [2.24, 2.45) is 0 Å². The molecule has 0 aliphatic heterocycles. The van der Waals surface area contributed by atoms with Gasteiger partial charge in [0.05, 0.1) is 16.8 Å². The zero-order valence-corrected chi connectivity index (χ0v) is 11.8. The molecule has 2 aromatic heterocycles. The molecule has 0 fully saturated rings. The van der Waals surface area contributed by atoms with Gasteiger partial charge in [-0.3, -0.25) is 0 Å². The fraction of sp³-hybridized carbons (Fsp3) is 0. The van der Waals surface area contributed by atoms with Crippen LogP contribution in [0.3, 0.4) is 0 Å². The predicted molar refractivity (Wildman–Crippen MR) is 84.2 cm³/mol. The van der Waals surface area contributed by atoms with Gasteiger partial charge in [-0.2, -0.15) is 0 Å². The fourth-order valence-corrected chi connectivity index (χ4v) is 2.69. The molecule has 0 atom stereocenters. The van der Waals surface area contributed by atoms with Gasteiger partial charge in [-0.15, -0.1) is 11.3 Å². The normalized spacial score (nSPS) is 11.0. The summed E-state index contributed by atoms with van der Waals surface area (Å²) in [6.07, 6.45) is 5.58. The summed E-state index contributed by atoms with van der Waals surface area (Å²) in [4.78, 5) is 19.5. The van der Waals surface area contributed by atoms with Gasteiger partial charge in [0.25, 0.3) is 0 Å². The molecular formula is C16H12N2O2S. The molecule has 2 N–H and O–H groups in total. The summed E-state index contributed by atoms with van der Waals surface area (Å²) < 4.78 is 0. The number of carbonyl (C=O) groups is 1. The van der Waals surface area contributed by atoms with Gasteiger partial charge in [-0.05, 0) is 23.8 Å². The molecule has 0 radical (unpaired) electrons. The Morgan fingerprint density at radius 3 is 2.67 bits per heavy atom. The monoisotopic (exact) mass is 296 g/mol. The number of aromatic nitrogens is 2. The number of H-pyrrole nitrogens is 1. The Morgan fingerprint density at radius 2 is 1.95 bits per heavy atom. The first-order valence-electron chi connectivity index (χ1n) is 6.34. The van der Waals surface area contributed by atoms with E-state index in [1.54, 1.807) is 18.3 Å². The van der Waals surface area contributed by atoms with E-state index in [1.807, 2.05) is 42.5 Å². The molecule has 0 aliphatic carbocycles. The van der Waals surface area contributed by atoms with E-state index in [2.05, 4.69) is 9.97 Å². The van der Waals surface area contributed by atoms with E-state index in [0.717, 1.165) is 22.0 Å². The topological polar surface area (TPSA) is 66.0 Å². The second-order valence-electron chi connectivity index (χ2n) is 4.40. The summed E-state index contributed by atoms with van der Waals surface area (Å²) >= 11 is 1.23. The van der Waals surface area contributed by atoms with Gasteiger partial charge in [0.1, 0.15) is 10.7 Å². The molecule has 21 heavy (non-hydrogen) atoms. The second-order valence-corrected chi connectivity index (χ2v) is 5.48. The maximum absolute atomic E-state index is 10.9. The number of aromatic amines is 1. The lowest BCUT2D eigenvalue weighted by Crippen LogP contribution is -1.89. The standard InChI is InChI=1S/C16H12N2O2S/c19-16(20)14-8-7-13(21-14)12-10-17-15(18-12)9-6-11-4-2-1-3-5-11/h1-10H,(H,17,18)(H,19,20). The third-order valence-corrected chi connectivity index (χ3v) is 4.02. The molecule has 2 heterocycles. The largest absolute Gasteiger partial charge is 0.477 e. The summed E-state index contributed by atoms with van der Waals surface area (Å²) in [5.41, 5.74) is 1.92. The SMILES string of the molecule is O=C(O)c1ccc(-c2cnc(C=Cc3ccccc3)[nH]2)s1. The third kappa shape index (κ3) is 3.09. The van der Waals surface area contributed by atoms with Gasteiger partial charge in [0, 0.05) is 0 Å². The minimum absolute atomic E-state index is 0.320. The van der Waals surface area contributed by atoms with E-state index < -0.39 is 5.97 Å². The Bertz CT molecular complexity index is 787. The molecule has 1 aromatic carbocycles. The van der Waals surface area contributed by atoms with Crippen molar-refractivity contribution < 1.29 is 9.90 Å². The highest BCUT2D eigenvalue weighted by molar-refractivity contribution is 7.17. The smallest absolute Gasteiger partial charge is 0.345 e. The Morgan fingerprint density at radius 1 is 1.14 bits per heavy atom. The maximum Gasteiger partial charge on any atom is 0.345 e. The molecule has 0 bridgehead atoms. The fourth-order valence-electron chi connectivity index (χ4n) is 1.88. The lowest BCUT2D eigenvalue weighted by atomic mass is 10.2.